The topological polar surface area (TPSA) is 73.3 Å². The van der Waals surface area contributed by atoms with Gasteiger partial charge in [0.1, 0.15) is 0 Å². The number of guanidine groups is 1. The molecule has 0 aromatic heterocycles. The number of hydrogen-bond donors (Lipinski definition) is 2. The molecule has 0 aliphatic heterocycles. The second-order valence-electron chi connectivity index (χ2n) is 7.80. The highest BCUT2D eigenvalue weighted by Crippen LogP contribution is 2.32. The Kier molecular flexibility index (Phi) is 8.90. The van der Waals surface area contributed by atoms with Gasteiger partial charge in [0.2, 0.25) is 0 Å². The van der Waals surface area contributed by atoms with E-state index in [4.69, 9.17) is 18.9 Å². The van der Waals surface area contributed by atoms with E-state index in [9.17, 15) is 0 Å². The van der Waals surface area contributed by atoms with Crippen LogP contribution in [0.5, 0.6) is 23.0 Å². The second-order valence-corrected chi connectivity index (χ2v) is 7.80. The molecule has 0 heterocycles. The molecule has 0 amide bonds. The van der Waals surface area contributed by atoms with Crippen molar-refractivity contribution < 1.29 is 18.9 Å². The molecule has 7 nitrogen and oxygen atoms in total. The average Bonchev–Trinajstić information content (AvgIpc) is 3.34. The second kappa shape index (κ2) is 12.1. The Labute approximate surface area is 191 Å². The maximum absolute atomic E-state index is 6.20. The van der Waals surface area contributed by atoms with Crippen LogP contribution >= 0.6 is 0 Å². The molecule has 0 spiro atoms. The van der Waals surface area contributed by atoms with Crippen LogP contribution in [0.15, 0.2) is 41.4 Å². The van der Waals surface area contributed by atoms with Gasteiger partial charge in [0, 0.05) is 20.1 Å². The largest absolute Gasteiger partial charge is 0.493 e. The van der Waals surface area contributed by atoms with Crippen LogP contribution in [-0.2, 0) is 13.0 Å². The first-order valence-corrected chi connectivity index (χ1v) is 11.2. The summed E-state index contributed by atoms with van der Waals surface area (Å²) in [7, 11) is 6.74. The number of ether oxygens (including phenoxy) is 4. The lowest BCUT2D eigenvalue weighted by Crippen LogP contribution is -2.37. The summed E-state index contributed by atoms with van der Waals surface area (Å²) in [6, 6.07) is 12.0. The van der Waals surface area contributed by atoms with Gasteiger partial charge in [0.25, 0.3) is 0 Å². The van der Waals surface area contributed by atoms with E-state index >= 15 is 0 Å². The summed E-state index contributed by atoms with van der Waals surface area (Å²) in [5.74, 6) is 3.81. The predicted octanol–water partition coefficient (Wildman–Crippen LogP) is 3.94. The monoisotopic (exact) mass is 441 g/mol. The lowest BCUT2D eigenvalue weighted by molar-refractivity contribution is 0.200. The summed E-state index contributed by atoms with van der Waals surface area (Å²) >= 11 is 0. The maximum atomic E-state index is 6.20. The SMILES string of the molecule is CN=C(NCCc1ccc(OC)c(OC)c1)NCc1ccc(OC)c(OC2CCCC2)c1. The lowest BCUT2D eigenvalue weighted by atomic mass is 10.1. The van der Waals surface area contributed by atoms with E-state index in [0.717, 1.165) is 65.9 Å². The van der Waals surface area contributed by atoms with Crippen molar-refractivity contribution in [1.29, 1.82) is 0 Å². The van der Waals surface area contributed by atoms with Gasteiger partial charge in [0.05, 0.1) is 27.4 Å². The first-order valence-electron chi connectivity index (χ1n) is 11.2. The minimum Gasteiger partial charge on any atom is -0.493 e. The van der Waals surface area contributed by atoms with E-state index in [1.54, 1.807) is 28.4 Å². The Morgan fingerprint density at radius 3 is 2.12 bits per heavy atom. The minimum atomic E-state index is 0.290. The van der Waals surface area contributed by atoms with Crippen molar-refractivity contribution in [3.63, 3.8) is 0 Å². The Balaban J connectivity index is 1.51. The highest BCUT2D eigenvalue weighted by atomic mass is 16.5. The fourth-order valence-corrected chi connectivity index (χ4v) is 3.88. The van der Waals surface area contributed by atoms with Gasteiger partial charge in [-0.05, 0) is 67.5 Å². The van der Waals surface area contributed by atoms with E-state index in [-0.39, 0.29) is 6.10 Å². The van der Waals surface area contributed by atoms with Gasteiger partial charge in [-0.1, -0.05) is 12.1 Å². The molecule has 1 aliphatic carbocycles. The van der Waals surface area contributed by atoms with E-state index in [1.165, 1.54) is 12.8 Å². The zero-order valence-corrected chi connectivity index (χ0v) is 19.6. The minimum absolute atomic E-state index is 0.290. The van der Waals surface area contributed by atoms with Crippen LogP contribution in [0.4, 0.5) is 0 Å². The number of rotatable bonds is 10. The summed E-state index contributed by atoms with van der Waals surface area (Å²) < 4.78 is 22.4. The Morgan fingerprint density at radius 1 is 0.844 bits per heavy atom. The van der Waals surface area contributed by atoms with Gasteiger partial charge in [0.15, 0.2) is 29.0 Å². The van der Waals surface area contributed by atoms with Crippen molar-refractivity contribution in [3.05, 3.63) is 47.5 Å². The quantitative estimate of drug-likeness (QED) is 0.430. The lowest BCUT2D eigenvalue weighted by Gasteiger charge is -2.17. The third kappa shape index (κ3) is 6.45. The molecule has 1 fully saturated rings. The van der Waals surface area contributed by atoms with Crippen LogP contribution in [-0.4, -0.2) is 47.0 Å². The van der Waals surface area contributed by atoms with Crippen LogP contribution in [0.1, 0.15) is 36.8 Å². The van der Waals surface area contributed by atoms with Crippen LogP contribution in [0.25, 0.3) is 0 Å². The first kappa shape index (κ1) is 23.6. The van der Waals surface area contributed by atoms with Crippen LogP contribution in [0.3, 0.4) is 0 Å². The molecule has 0 atom stereocenters. The molecule has 1 saturated carbocycles. The number of hydrogen-bond acceptors (Lipinski definition) is 5. The van der Waals surface area contributed by atoms with Gasteiger partial charge in [-0.2, -0.15) is 0 Å². The highest BCUT2D eigenvalue weighted by molar-refractivity contribution is 5.79. The molecule has 32 heavy (non-hydrogen) atoms. The third-order valence-corrected chi connectivity index (χ3v) is 5.66. The molecule has 7 heteroatoms. The fraction of sp³-hybridized carbons (Fsp3) is 0.480. The van der Waals surface area contributed by atoms with Crippen molar-refractivity contribution in [2.24, 2.45) is 4.99 Å². The van der Waals surface area contributed by atoms with Gasteiger partial charge in [-0.3, -0.25) is 4.99 Å². The molecule has 3 rings (SSSR count). The molecule has 1 aliphatic rings. The van der Waals surface area contributed by atoms with Gasteiger partial charge >= 0.3 is 0 Å². The molecule has 0 radical (unpaired) electrons. The van der Waals surface area contributed by atoms with Crippen LogP contribution < -0.4 is 29.6 Å². The fourth-order valence-electron chi connectivity index (χ4n) is 3.88. The van der Waals surface area contributed by atoms with Crippen molar-refractivity contribution >= 4 is 5.96 Å². The zero-order valence-electron chi connectivity index (χ0n) is 19.6. The van der Waals surface area contributed by atoms with Gasteiger partial charge < -0.3 is 29.6 Å². The summed E-state index contributed by atoms with van der Waals surface area (Å²) in [5.41, 5.74) is 2.27. The zero-order chi connectivity index (χ0) is 22.8. The van der Waals surface area contributed by atoms with Crippen LogP contribution in [0, 0.1) is 0 Å². The first-order chi connectivity index (χ1) is 15.7. The molecular formula is C25H35N3O4. The van der Waals surface area contributed by atoms with Gasteiger partial charge in [-0.15, -0.1) is 0 Å². The standard InChI is InChI=1S/C25H35N3O4/c1-26-25(27-14-13-18-9-11-21(29-2)23(15-18)31-4)28-17-19-10-12-22(30-3)24(16-19)32-20-7-5-6-8-20/h9-12,15-16,20H,5-8,13-14,17H2,1-4H3,(H2,26,27,28). The number of nitrogens with zero attached hydrogens (tertiary/aromatic N) is 1. The average molecular weight is 442 g/mol. The van der Waals surface area contributed by atoms with Crippen molar-refractivity contribution in [2.45, 2.75) is 44.8 Å². The molecular weight excluding hydrogens is 406 g/mol. The van der Waals surface area contributed by atoms with E-state index in [2.05, 4.69) is 21.7 Å². The van der Waals surface area contributed by atoms with E-state index in [1.807, 2.05) is 30.3 Å². The Hall–Kier alpha value is -3.09. The molecule has 174 valence electrons. The van der Waals surface area contributed by atoms with Crippen molar-refractivity contribution in [2.75, 3.05) is 34.9 Å². The van der Waals surface area contributed by atoms with Crippen LogP contribution in [0.2, 0.25) is 0 Å². The smallest absolute Gasteiger partial charge is 0.191 e. The highest BCUT2D eigenvalue weighted by Gasteiger charge is 2.18. The summed E-state index contributed by atoms with van der Waals surface area (Å²) in [6.07, 6.45) is 5.82. The van der Waals surface area contributed by atoms with Gasteiger partial charge in [-0.25, -0.2) is 0 Å². The number of aliphatic imine (C=N–C) groups is 1. The third-order valence-electron chi connectivity index (χ3n) is 5.66. The van der Waals surface area contributed by atoms with Crippen molar-refractivity contribution in [3.8, 4) is 23.0 Å². The number of methoxy groups -OCH3 is 3. The molecule has 0 saturated heterocycles. The number of benzene rings is 2. The molecule has 2 aromatic rings. The van der Waals surface area contributed by atoms with E-state index < -0.39 is 0 Å². The normalized spacial score (nSPS) is 14.2. The van der Waals surface area contributed by atoms with E-state index in [0.29, 0.717) is 6.54 Å². The predicted molar refractivity (Wildman–Crippen MR) is 127 cm³/mol. The summed E-state index contributed by atoms with van der Waals surface area (Å²) in [5, 5.41) is 6.73. The molecule has 0 bridgehead atoms. The molecule has 2 N–H and O–H groups in total. The number of nitrogens with one attached hydrogen (secondary N) is 2. The Morgan fingerprint density at radius 2 is 1.47 bits per heavy atom. The molecule has 0 unspecified atom stereocenters. The maximum Gasteiger partial charge on any atom is 0.191 e. The summed E-state index contributed by atoms with van der Waals surface area (Å²) in [4.78, 5) is 4.33. The Bertz CT molecular complexity index is 895. The van der Waals surface area contributed by atoms with Crippen molar-refractivity contribution in [1.82, 2.24) is 10.6 Å². The molecule has 2 aromatic carbocycles. The summed E-state index contributed by atoms with van der Waals surface area (Å²) in [6.45, 7) is 1.38.